The number of carbonyl (C=O) groups is 2. The maximum Gasteiger partial charge on any atom is 0.289 e. The second-order valence-corrected chi connectivity index (χ2v) is 5.68. The maximum absolute atomic E-state index is 12.3. The van der Waals surface area contributed by atoms with Crippen molar-refractivity contribution in [1.82, 2.24) is 10.6 Å². The lowest BCUT2D eigenvalue weighted by atomic mass is 10.0. The number of ketones is 1. The largest absolute Gasteiger partial charge is 0.347 e. The fourth-order valence-electron chi connectivity index (χ4n) is 2.12. The molecular formula is C16H22N2O2. The van der Waals surface area contributed by atoms with E-state index in [0.29, 0.717) is 6.42 Å². The normalized spacial score (nSPS) is 15.9. The first kappa shape index (κ1) is 14.7. The molecule has 2 N–H and O–H groups in total. The third-order valence-corrected chi connectivity index (χ3v) is 3.27. The van der Waals surface area contributed by atoms with Gasteiger partial charge in [0, 0.05) is 12.1 Å². The number of carbonyl (C=O) groups excluding carboxylic acids is 2. The van der Waals surface area contributed by atoms with E-state index >= 15 is 0 Å². The van der Waals surface area contributed by atoms with Crippen LogP contribution in [0.5, 0.6) is 0 Å². The fraction of sp³-hybridized carbons (Fsp3) is 0.500. The van der Waals surface area contributed by atoms with Gasteiger partial charge in [0.1, 0.15) is 0 Å². The van der Waals surface area contributed by atoms with Gasteiger partial charge in [-0.1, -0.05) is 44.2 Å². The summed E-state index contributed by atoms with van der Waals surface area (Å²) in [6.07, 6.45) is 2.51. The number of Topliss-reactive ketones (excluding diaryl/α,β-unsaturated/α-hetero) is 1. The Morgan fingerprint density at radius 2 is 1.85 bits per heavy atom. The molecule has 1 fully saturated rings. The molecule has 1 aromatic rings. The highest BCUT2D eigenvalue weighted by atomic mass is 16.2. The van der Waals surface area contributed by atoms with Crippen LogP contribution in [0.1, 0.15) is 32.3 Å². The summed E-state index contributed by atoms with van der Waals surface area (Å²) < 4.78 is 0. The summed E-state index contributed by atoms with van der Waals surface area (Å²) in [7, 11) is 0. The molecule has 4 heteroatoms. The Morgan fingerprint density at radius 1 is 1.20 bits per heavy atom. The summed E-state index contributed by atoms with van der Waals surface area (Å²) in [4.78, 5) is 24.2. The quantitative estimate of drug-likeness (QED) is 0.740. The van der Waals surface area contributed by atoms with Crippen molar-refractivity contribution in [1.29, 1.82) is 0 Å². The third kappa shape index (κ3) is 4.46. The van der Waals surface area contributed by atoms with Gasteiger partial charge in [0.25, 0.3) is 5.91 Å². The van der Waals surface area contributed by atoms with E-state index in [1.54, 1.807) is 0 Å². The molecule has 20 heavy (non-hydrogen) atoms. The van der Waals surface area contributed by atoms with E-state index in [1.807, 2.05) is 44.2 Å². The van der Waals surface area contributed by atoms with Crippen molar-refractivity contribution in [3.05, 3.63) is 35.9 Å². The molecule has 0 spiro atoms. The van der Waals surface area contributed by atoms with E-state index < -0.39 is 11.9 Å². The summed E-state index contributed by atoms with van der Waals surface area (Å²) >= 11 is 0. The molecule has 1 unspecified atom stereocenters. The van der Waals surface area contributed by atoms with Crippen LogP contribution in [0.3, 0.4) is 0 Å². The average molecular weight is 274 g/mol. The molecule has 0 heterocycles. The Labute approximate surface area is 119 Å². The first-order valence-electron chi connectivity index (χ1n) is 7.21. The summed E-state index contributed by atoms with van der Waals surface area (Å²) in [6.45, 7) is 3.95. The lowest BCUT2D eigenvalue weighted by Gasteiger charge is -2.20. The van der Waals surface area contributed by atoms with E-state index in [4.69, 9.17) is 0 Å². The van der Waals surface area contributed by atoms with Gasteiger partial charge in [0.2, 0.25) is 5.78 Å². The molecule has 0 bridgehead atoms. The van der Waals surface area contributed by atoms with Gasteiger partial charge < -0.3 is 10.6 Å². The number of hydrogen-bond acceptors (Lipinski definition) is 3. The van der Waals surface area contributed by atoms with Crippen molar-refractivity contribution in [3.8, 4) is 0 Å². The topological polar surface area (TPSA) is 58.2 Å². The Bertz CT molecular complexity index is 467. The SMILES string of the molecule is CC(C)NC(Cc1ccccc1)C(=O)C(=O)NC1CC1. The lowest BCUT2D eigenvalue weighted by Crippen LogP contribution is -2.49. The second kappa shape index (κ2) is 6.66. The minimum absolute atomic E-state index is 0.154. The molecule has 1 amide bonds. The minimum Gasteiger partial charge on any atom is -0.347 e. The van der Waals surface area contributed by atoms with Crippen molar-refractivity contribution < 1.29 is 9.59 Å². The van der Waals surface area contributed by atoms with Crippen LogP contribution in [-0.4, -0.2) is 29.8 Å². The third-order valence-electron chi connectivity index (χ3n) is 3.27. The Balaban J connectivity index is 2.01. The van der Waals surface area contributed by atoms with E-state index in [2.05, 4.69) is 10.6 Å². The van der Waals surface area contributed by atoms with Crippen LogP contribution in [0.4, 0.5) is 0 Å². The van der Waals surface area contributed by atoms with E-state index in [9.17, 15) is 9.59 Å². The Hall–Kier alpha value is -1.68. The van der Waals surface area contributed by atoms with Gasteiger partial charge in [-0.25, -0.2) is 0 Å². The standard InChI is InChI=1S/C16H22N2O2/c1-11(2)17-14(10-12-6-4-3-5-7-12)15(19)16(20)18-13-8-9-13/h3-7,11,13-14,17H,8-10H2,1-2H3,(H,18,20). The molecule has 1 aromatic carbocycles. The van der Waals surface area contributed by atoms with Crippen molar-refractivity contribution in [2.24, 2.45) is 0 Å². The second-order valence-electron chi connectivity index (χ2n) is 5.68. The van der Waals surface area contributed by atoms with Gasteiger partial charge in [-0.2, -0.15) is 0 Å². The first-order valence-corrected chi connectivity index (χ1v) is 7.21. The number of rotatable bonds is 7. The zero-order valence-electron chi connectivity index (χ0n) is 12.1. The minimum atomic E-state index is -0.462. The predicted octanol–water partition coefficient (Wildman–Crippen LogP) is 1.44. The lowest BCUT2D eigenvalue weighted by molar-refractivity contribution is -0.139. The van der Waals surface area contributed by atoms with E-state index in [-0.39, 0.29) is 17.9 Å². The maximum atomic E-state index is 12.3. The van der Waals surface area contributed by atoms with Gasteiger partial charge in [-0.15, -0.1) is 0 Å². The van der Waals surface area contributed by atoms with Gasteiger partial charge in [0.05, 0.1) is 6.04 Å². The molecule has 1 saturated carbocycles. The highest BCUT2D eigenvalue weighted by Crippen LogP contribution is 2.18. The molecule has 0 aliphatic heterocycles. The van der Waals surface area contributed by atoms with Crippen LogP contribution >= 0.6 is 0 Å². The predicted molar refractivity (Wildman–Crippen MR) is 78.4 cm³/mol. The summed E-state index contributed by atoms with van der Waals surface area (Å²) in [5.74, 6) is -0.823. The Morgan fingerprint density at radius 3 is 2.40 bits per heavy atom. The van der Waals surface area contributed by atoms with Crippen LogP contribution in [0.15, 0.2) is 30.3 Å². The highest BCUT2D eigenvalue weighted by Gasteiger charge is 2.30. The average Bonchev–Trinajstić information content (AvgIpc) is 3.21. The number of hydrogen-bond donors (Lipinski definition) is 2. The van der Waals surface area contributed by atoms with E-state index in [1.165, 1.54) is 0 Å². The van der Waals surface area contributed by atoms with E-state index in [0.717, 1.165) is 18.4 Å². The van der Waals surface area contributed by atoms with Gasteiger partial charge >= 0.3 is 0 Å². The molecule has 2 rings (SSSR count). The molecular weight excluding hydrogens is 252 g/mol. The monoisotopic (exact) mass is 274 g/mol. The summed E-state index contributed by atoms with van der Waals surface area (Å²) in [5.41, 5.74) is 1.05. The fourth-order valence-corrected chi connectivity index (χ4v) is 2.12. The molecule has 0 saturated heterocycles. The molecule has 0 radical (unpaired) electrons. The van der Waals surface area contributed by atoms with Crippen molar-refractivity contribution >= 4 is 11.7 Å². The molecule has 1 atom stereocenters. The van der Waals surface area contributed by atoms with Crippen molar-refractivity contribution in [3.63, 3.8) is 0 Å². The Kier molecular flexibility index (Phi) is 4.90. The number of benzene rings is 1. The van der Waals surface area contributed by atoms with Gasteiger partial charge in [0.15, 0.2) is 0 Å². The van der Waals surface area contributed by atoms with Crippen LogP contribution in [-0.2, 0) is 16.0 Å². The molecule has 0 aromatic heterocycles. The molecule has 1 aliphatic rings. The van der Waals surface area contributed by atoms with Crippen LogP contribution in [0.2, 0.25) is 0 Å². The molecule has 4 nitrogen and oxygen atoms in total. The zero-order chi connectivity index (χ0) is 14.5. The van der Waals surface area contributed by atoms with Gasteiger partial charge in [-0.3, -0.25) is 9.59 Å². The molecule has 108 valence electrons. The highest BCUT2D eigenvalue weighted by molar-refractivity contribution is 6.38. The van der Waals surface area contributed by atoms with Crippen molar-refractivity contribution in [2.45, 2.75) is 51.2 Å². The number of nitrogens with one attached hydrogen (secondary N) is 2. The summed E-state index contributed by atoms with van der Waals surface area (Å²) in [5, 5.41) is 5.96. The summed E-state index contributed by atoms with van der Waals surface area (Å²) in [6, 6.07) is 9.67. The molecule has 1 aliphatic carbocycles. The van der Waals surface area contributed by atoms with Crippen LogP contribution in [0, 0.1) is 0 Å². The number of amides is 1. The van der Waals surface area contributed by atoms with Crippen LogP contribution < -0.4 is 10.6 Å². The smallest absolute Gasteiger partial charge is 0.289 e. The van der Waals surface area contributed by atoms with Crippen LogP contribution in [0.25, 0.3) is 0 Å². The van der Waals surface area contributed by atoms with Crippen molar-refractivity contribution in [2.75, 3.05) is 0 Å². The first-order chi connectivity index (χ1) is 9.56. The van der Waals surface area contributed by atoms with Gasteiger partial charge in [-0.05, 0) is 24.8 Å². The zero-order valence-corrected chi connectivity index (χ0v) is 12.1.